The van der Waals surface area contributed by atoms with E-state index >= 15 is 0 Å². The lowest BCUT2D eigenvalue weighted by atomic mass is 10.4. The molecule has 0 bridgehead atoms. The van der Waals surface area contributed by atoms with Crippen LogP contribution in [0.15, 0.2) is 24.5 Å². The zero-order chi connectivity index (χ0) is 5.70. The third-order valence-electron chi connectivity index (χ3n) is 0.580. The second-order valence-corrected chi connectivity index (χ2v) is 1.37. The van der Waals surface area contributed by atoms with E-state index in [0.717, 1.165) is 6.42 Å². The van der Waals surface area contributed by atoms with Crippen LogP contribution in [0.5, 0.6) is 0 Å². The van der Waals surface area contributed by atoms with Gasteiger partial charge in [0.05, 0.1) is 5.76 Å². The summed E-state index contributed by atoms with van der Waals surface area (Å²) < 4.78 is 0. The molecule has 0 aromatic heterocycles. The molecule has 0 saturated heterocycles. The Morgan fingerprint density at radius 3 is 2.57 bits per heavy atom. The van der Waals surface area contributed by atoms with Crippen LogP contribution >= 0.6 is 0 Å². The zero-order valence-electron chi connectivity index (χ0n) is 4.52. The van der Waals surface area contributed by atoms with Crippen molar-refractivity contribution < 1.29 is 5.11 Å². The molecule has 0 atom stereocenters. The van der Waals surface area contributed by atoms with E-state index in [-0.39, 0.29) is 0 Å². The summed E-state index contributed by atoms with van der Waals surface area (Å²) in [7, 11) is 0. The summed E-state index contributed by atoms with van der Waals surface area (Å²) in [5, 5.41) is 8.50. The van der Waals surface area contributed by atoms with Crippen LogP contribution in [-0.2, 0) is 0 Å². The first-order valence-corrected chi connectivity index (χ1v) is 2.24. The van der Waals surface area contributed by atoms with Gasteiger partial charge in [-0.05, 0) is 19.4 Å². The minimum atomic E-state index is 0.361. The molecule has 0 rings (SSSR count). The first-order chi connectivity index (χ1) is 3.27. The van der Waals surface area contributed by atoms with Gasteiger partial charge >= 0.3 is 0 Å². The van der Waals surface area contributed by atoms with E-state index in [1.807, 2.05) is 0 Å². The van der Waals surface area contributed by atoms with Crippen molar-refractivity contribution in [1.82, 2.24) is 0 Å². The van der Waals surface area contributed by atoms with Crippen LogP contribution in [0.2, 0.25) is 0 Å². The van der Waals surface area contributed by atoms with Gasteiger partial charge in [0.25, 0.3) is 0 Å². The highest BCUT2D eigenvalue weighted by Crippen LogP contribution is 1.87. The molecule has 0 aliphatic carbocycles. The number of hydrogen-bond donors (Lipinski definition) is 1. The Balaban J connectivity index is 3.25. The summed E-state index contributed by atoms with van der Waals surface area (Å²) in [6, 6.07) is 0. The summed E-state index contributed by atoms with van der Waals surface area (Å²) in [4.78, 5) is 0. The van der Waals surface area contributed by atoms with Crippen LogP contribution in [-0.4, -0.2) is 5.11 Å². The van der Waals surface area contributed by atoms with Crippen LogP contribution in [0.1, 0.15) is 13.3 Å². The van der Waals surface area contributed by atoms with Gasteiger partial charge in [0.2, 0.25) is 0 Å². The van der Waals surface area contributed by atoms with E-state index in [1.165, 1.54) is 0 Å². The van der Waals surface area contributed by atoms with Gasteiger partial charge < -0.3 is 5.11 Å². The molecule has 0 spiro atoms. The number of rotatable bonds is 2. The number of aliphatic hydroxyl groups excluding tert-OH is 1. The molecular formula is C6H10O. The summed E-state index contributed by atoms with van der Waals surface area (Å²) in [5.74, 6) is 0.361. The minimum absolute atomic E-state index is 0.361. The molecule has 0 amide bonds. The second-order valence-electron chi connectivity index (χ2n) is 1.37. The predicted molar refractivity (Wildman–Crippen MR) is 31.2 cm³/mol. The zero-order valence-corrected chi connectivity index (χ0v) is 4.52. The molecule has 40 valence electrons. The molecule has 0 fully saturated rings. The van der Waals surface area contributed by atoms with Gasteiger partial charge in [0.1, 0.15) is 0 Å². The summed E-state index contributed by atoms with van der Waals surface area (Å²) >= 11 is 0. The third kappa shape index (κ3) is 5.28. The number of allylic oxidation sites excluding steroid dienone is 3. The smallest absolute Gasteiger partial charge is 0.0855 e. The normalized spacial score (nSPS) is 11.3. The molecule has 0 aromatic carbocycles. The van der Waals surface area contributed by atoms with Crippen molar-refractivity contribution in [3.8, 4) is 0 Å². The molecule has 1 nitrogen and oxygen atoms in total. The highest BCUT2D eigenvalue weighted by Gasteiger charge is 1.72. The SMILES string of the molecule is C=CC/C=C(\C)O. The van der Waals surface area contributed by atoms with Gasteiger partial charge in [-0.15, -0.1) is 6.58 Å². The fourth-order valence-corrected chi connectivity index (χ4v) is 0.254. The summed E-state index contributed by atoms with van der Waals surface area (Å²) in [6.07, 6.45) is 4.19. The monoisotopic (exact) mass is 98.1 g/mol. The molecule has 7 heavy (non-hydrogen) atoms. The lowest BCUT2D eigenvalue weighted by molar-refractivity contribution is 0.412. The van der Waals surface area contributed by atoms with Gasteiger partial charge in [0.15, 0.2) is 0 Å². The van der Waals surface area contributed by atoms with Crippen molar-refractivity contribution in [1.29, 1.82) is 0 Å². The maximum atomic E-state index is 8.50. The van der Waals surface area contributed by atoms with Gasteiger partial charge in [-0.1, -0.05) is 6.08 Å². The van der Waals surface area contributed by atoms with E-state index in [1.54, 1.807) is 19.1 Å². The predicted octanol–water partition coefficient (Wildman–Crippen LogP) is 2.02. The van der Waals surface area contributed by atoms with E-state index < -0.39 is 0 Å². The first-order valence-electron chi connectivity index (χ1n) is 2.24. The minimum Gasteiger partial charge on any atom is -0.513 e. The quantitative estimate of drug-likeness (QED) is 0.414. The van der Waals surface area contributed by atoms with Gasteiger partial charge in [-0.25, -0.2) is 0 Å². The maximum Gasteiger partial charge on any atom is 0.0855 e. The molecule has 1 N–H and O–H groups in total. The fraction of sp³-hybridized carbons (Fsp3) is 0.333. The standard InChI is InChI=1S/C6H10O/c1-3-4-5-6(2)7/h3,5,7H,1,4H2,2H3/b6-5+. The second kappa shape index (κ2) is 3.47. The largest absolute Gasteiger partial charge is 0.513 e. The van der Waals surface area contributed by atoms with Crippen LogP contribution < -0.4 is 0 Å². The Bertz CT molecular complexity index is 78.2. The topological polar surface area (TPSA) is 20.2 Å². The Kier molecular flexibility index (Phi) is 3.11. The van der Waals surface area contributed by atoms with Crippen molar-refractivity contribution in [3.63, 3.8) is 0 Å². The molecule has 0 unspecified atom stereocenters. The van der Waals surface area contributed by atoms with Crippen LogP contribution in [0.25, 0.3) is 0 Å². The number of aliphatic hydroxyl groups is 1. The third-order valence-corrected chi connectivity index (χ3v) is 0.580. The molecule has 0 aromatic rings. The summed E-state index contributed by atoms with van der Waals surface area (Å²) in [5.41, 5.74) is 0. The van der Waals surface area contributed by atoms with E-state index in [2.05, 4.69) is 6.58 Å². The Morgan fingerprint density at radius 1 is 1.86 bits per heavy atom. The molecule has 0 heterocycles. The van der Waals surface area contributed by atoms with Crippen LogP contribution in [0.3, 0.4) is 0 Å². The average molecular weight is 98.1 g/mol. The van der Waals surface area contributed by atoms with Crippen molar-refractivity contribution in [2.45, 2.75) is 13.3 Å². The Hall–Kier alpha value is -0.720. The Morgan fingerprint density at radius 2 is 2.43 bits per heavy atom. The maximum absolute atomic E-state index is 8.50. The van der Waals surface area contributed by atoms with Crippen molar-refractivity contribution in [2.75, 3.05) is 0 Å². The summed E-state index contributed by atoms with van der Waals surface area (Å²) in [6.45, 7) is 5.12. The van der Waals surface area contributed by atoms with E-state index in [4.69, 9.17) is 5.11 Å². The van der Waals surface area contributed by atoms with Gasteiger partial charge in [-0.3, -0.25) is 0 Å². The molecule has 0 aliphatic rings. The highest BCUT2D eigenvalue weighted by molar-refractivity contribution is 4.90. The van der Waals surface area contributed by atoms with Gasteiger partial charge in [-0.2, -0.15) is 0 Å². The number of hydrogen-bond acceptors (Lipinski definition) is 1. The fourth-order valence-electron chi connectivity index (χ4n) is 0.254. The first kappa shape index (κ1) is 6.28. The lowest BCUT2D eigenvalue weighted by Crippen LogP contribution is -1.66. The highest BCUT2D eigenvalue weighted by atomic mass is 16.3. The van der Waals surface area contributed by atoms with Crippen LogP contribution in [0.4, 0.5) is 0 Å². The van der Waals surface area contributed by atoms with Gasteiger partial charge in [0, 0.05) is 0 Å². The van der Waals surface area contributed by atoms with E-state index in [0.29, 0.717) is 5.76 Å². The van der Waals surface area contributed by atoms with E-state index in [9.17, 15) is 0 Å². The lowest BCUT2D eigenvalue weighted by Gasteiger charge is -1.81. The van der Waals surface area contributed by atoms with Crippen molar-refractivity contribution in [3.05, 3.63) is 24.5 Å². The van der Waals surface area contributed by atoms with Crippen molar-refractivity contribution >= 4 is 0 Å². The Labute approximate surface area is 44.0 Å². The molecule has 0 aliphatic heterocycles. The molecule has 0 saturated carbocycles. The molecule has 1 heteroatoms. The molecular weight excluding hydrogens is 88.1 g/mol. The molecule has 0 radical (unpaired) electrons. The van der Waals surface area contributed by atoms with Crippen LogP contribution in [0, 0.1) is 0 Å². The van der Waals surface area contributed by atoms with Crippen molar-refractivity contribution in [2.24, 2.45) is 0 Å². The average Bonchev–Trinajstić information content (AvgIpc) is 1.61.